The first kappa shape index (κ1) is 19.4. The van der Waals surface area contributed by atoms with Crippen LogP contribution in [0.2, 0.25) is 0 Å². The summed E-state index contributed by atoms with van der Waals surface area (Å²) in [6.45, 7) is 6.57. The lowest BCUT2D eigenvalue weighted by Crippen LogP contribution is -2.17. The Hall–Kier alpha value is -2.41. The summed E-state index contributed by atoms with van der Waals surface area (Å²) in [7, 11) is 0. The summed E-state index contributed by atoms with van der Waals surface area (Å²) in [6, 6.07) is 24.2. The maximum Gasteiger partial charge on any atom is 0.131 e. The van der Waals surface area contributed by atoms with E-state index >= 15 is 0 Å². The Morgan fingerprint density at radius 1 is 0.889 bits per heavy atom. The Labute approximate surface area is 163 Å². The molecule has 0 nitrogen and oxygen atoms in total. The zero-order valence-electron chi connectivity index (χ0n) is 16.6. The quantitative estimate of drug-likeness (QED) is 0.441. The Morgan fingerprint density at radius 2 is 1.59 bits per heavy atom. The summed E-state index contributed by atoms with van der Waals surface area (Å²) >= 11 is 0. The van der Waals surface area contributed by atoms with E-state index in [1.807, 2.05) is 18.2 Å². The lowest BCUT2D eigenvalue weighted by molar-refractivity contribution is 0.464. The van der Waals surface area contributed by atoms with Gasteiger partial charge in [0.25, 0.3) is 0 Å². The van der Waals surface area contributed by atoms with E-state index < -0.39 is 0 Å². The molecular weight excluding hydrogens is 331 g/mol. The van der Waals surface area contributed by atoms with Gasteiger partial charge in [0.1, 0.15) is 5.82 Å². The van der Waals surface area contributed by atoms with Gasteiger partial charge in [-0.1, -0.05) is 93.9 Å². The molecule has 0 fully saturated rings. The van der Waals surface area contributed by atoms with Crippen molar-refractivity contribution in [3.05, 3.63) is 95.3 Å². The summed E-state index contributed by atoms with van der Waals surface area (Å²) in [6.07, 6.45) is 3.55. The maximum absolute atomic E-state index is 14.2. The number of hydrogen-bond donors (Lipinski definition) is 0. The zero-order valence-corrected chi connectivity index (χ0v) is 16.6. The largest absolute Gasteiger partial charge is 0.206 e. The highest BCUT2D eigenvalue weighted by Gasteiger charge is 2.25. The fourth-order valence-corrected chi connectivity index (χ4v) is 3.98. The van der Waals surface area contributed by atoms with Crippen molar-refractivity contribution >= 4 is 0 Å². The van der Waals surface area contributed by atoms with Crippen LogP contribution in [0, 0.1) is 11.7 Å². The second-order valence-corrected chi connectivity index (χ2v) is 7.61. The molecule has 140 valence electrons. The van der Waals surface area contributed by atoms with Gasteiger partial charge in [0.15, 0.2) is 0 Å². The van der Waals surface area contributed by atoms with Crippen molar-refractivity contribution in [2.45, 2.75) is 46.0 Å². The van der Waals surface area contributed by atoms with Gasteiger partial charge in [-0.3, -0.25) is 0 Å². The molecule has 0 N–H and O–H groups in total. The van der Waals surface area contributed by atoms with Crippen molar-refractivity contribution in [1.82, 2.24) is 0 Å². The molecule has 0 radical (unpaired) electrons. The van der Waals surface area contributed by atoms with E-state index in [2.05, 4.69) is 63.2 Å². The molecule has 0 bridgehead atoms. The molecule has 0 aliphatic heterocycles. The van der Waals surface area contributed by atoms with Gasteiger partial charge in [-0.2, -0.15) is 0 Å². The molecule has 3 aromatic rings. The minimum Gasteiger partial charge on any atom is -0.206 e. The summed E-state index contributed by atoms with van der Waals surface area (Å²) in [5.41, 5.74) is 5.81. The van der Waals surface area contributed by atoms with Crippen molar-refractivity contribution in [3.8, 4) is 11.1 Å². The van der Waals surface area contributed by atoms with E-state index in [-0.39, 0.29) is 5.82 Å². The number of halogens is 1. The van der Waals surface area contributed by atoms with Gasteiger partial charge in [0.05, 0.1) is 0 Å². The Kier molecular flexibility index (Phi) is 6.45. The van der Waals surface area contributed by atoms with E-state index in [0.29, 0.717) is 17.4 Å². The molecular formula is C26H29F. The van der Waals surface area contributed by atoms with Crippen molar-refractivity contribution in [2.75, 3.05) is 0 Å². The lowest BCUT2D eigenvalue weighted by Gasteiger charge is -2.30. The van der Waals surface area contributed by atoms with Crippen LogP contribution in [0.5, 0.6) is 0 Å². The first-order valence-corrected chi connectivity index (χ1v) is 10.1. The molecule has 4 rings (SSSR count). The summed E-state index contributed by atoms with van der Waals surface area (Å²) < 4.78 is 14.2. The molecule has 1 heteroatoms. The summed E-state index contributed by atoms with van der Waals surface area (Å²) in [5, 5.41) is 0. The van der Waals surface area contributed by atoms with Crippen LogP contribution >= 0.6 is 0 Å². The van der Waals surface area contributed by atoms with Gasteiger partial charge >= 0.3 is 0 Å². The van der Waals surface area contributed by atoms with Crippen LogP contribution in [0.4, 0.5) is 4.39 Å². The van der Waals surface area contributed by atoms with Crippen LogP contribution in [-0.2, 0) is 6.42 Å². The second-order valence-electron chi connectivity index (χ2n) is 7.61. The number of fused-ring (bicyclic) bond motifs is 1. The predicted octanol–water partition coefficient (Wildman–Crippen LogP) is 7.62. The van der Waals surface area contributed by atoms with Gasteiger partial charge < -0.3 is 0 Å². The van der Waals surface area contributed by atoms with Gasteiger partial charge in [-0.15, -0.1) is 0 Å². The van der Waals surface area contributed by atoms with E-state index in [1.54, 1.807) is 6.07 Å². The van der Waals surface area contributed by atoms with Gasteiger partial charge in [-0.25, -0.2) is 4.39 Å². The lowest BCUT2D eigenvalue weighted by atomic mass is 9.74. The molecule has 0 aromatic heterocycles. The molecule has 0 spiro atoms. The van der Waals surface area contributed by atoms with Crippen molar-refractivity contribution in [3.63, 3.8) is 0 Å². The molecule has 3 aromatic carbocycles. The fraction of sp³-hybridized carbons (Fsp3) is 0.308. The Morgan fingerprint density at radius 3 is 2.37 bits per heavy atom. The molecule has 0 unspecified atom stereocenters. The minimum atomic E-state index is -0.160. The van der Waals surface area contributed by atoms with Gasteiger partial charge in [0, 0.05) is 11.5 Å². The SMILES string of the molecule is CCC.C[C@@H]1Cc2ccccc2[C@@H](c2cccc(-c3ccccc3F)c2)C1. The Bertz CT molecular complexity index is 881. The third-order valence-corrected chi connectivity index (χ3v) is 5.11. The molecule has 1 aliphatic rings. The van der Waals surface area contributed by atoms with Crippen LogP contribution in [0.15, 0.2) is 72.8 Å². The molecule has 27 heavy (non-hydrogen) atoms. The van der Waals surface area contributed by atoms with Crippen molar-refractivity contribution < 1.29 is 4.39 Å². The fourth-order valence-electron chi connectivity index (χ4n) is 3.98. The predicted molar refractivity (Wildman–Crippen MR) is 114 cm³/mol. The van der Waals surface area contributed by atoms with Gasteiger partial charge in [-0.05, 0) is 47.1 Å². The third kappa shape index (κ3) is 4.47. The second kappa shape index (κ2) is 8.99. The highest BCUT2D eigenvalue weighted by atomic mass is 19.1. The molecule has 1 aliphatic carbocycles. The topological polar surface area (TPSA) is 0 Å². The van der Waals surface area contributed by atoms with E-state index in [9.17, 15) is 4.39 Å². The average Bonchev–Trinajstić information content (AvgIpc) is 2.68. The summed E-state index contributed by atoms with van der Waals surface area (Å²) in [5.74, 6) is 0.908. The van der Waals surface area contributed by atoms with E-state index in [4.69, 9.17) is 0 Å². The first-order valence-electron chi connectivity index (χ1n) is 10.1. The molecule has 0 saturated heterocycles. The van der Waals surface area contributed by atoms with Crippen LogP contribution in [-0.4, -0.2) is 0 Å². The normalized spacial score (nSPS) is 18.2. The monoisotopic (exact) mass is 360 g/mol. The van der Waals surface area contributed by atoms with Crippen LogP contribution in [0.3, 0.4) is 0 Å². The van der Waals surface area contributed by atoms with Crippen molar-refractivity contribution in [1.29, 1.82) is 0 Å². The highest BCUT2D eigenvalue weighted by molar-refractivity contribution is 5.65. The number of hydrogen-bond acceptors (Lipinski definition) is 0. The summed E-state index contributed by atoms with van der Waals surface area (Å²) in [4.78, 5) is 0. The first-order chi connectivity index (χ1) is 13.1. The Balaban J connectivity index is 0.000000659. The molecule has 0 amide bonds. The average molecular weight is 361 g/mol. The van der Waals surface area contributed by atoms with E-state index in [0.717, 1.165) is 18.4 Å². The van der Waals surface area contributed by atoms with E-state index in [1.165, 1.54) is 29.2 Å². The van der Waals surface area contributed by atoms with Crippen LogP contribution in [0.1, 0.15) is 56.2 Å². The van der Waals surface area contributed by atoms with Crippen LogP contribution < -0.4 is 0 Å². The minimum absolute atomic E-state index is 0.160. The van der Waals surface area contributed by atoms with Gasteiger partial charge in [0.2, 0.25) is 0 Å². The van der Waals surface area contributed by atoms with Crippen molar-refractivity contribution in [2.24, 2.45) is 5.92 Å². The maximum atomic E-state index is 14.2. The highest BCUT2D eigenvalue weighted by Crippen LogP contribution is 2.40. The standard InChI is InChI=1S/C23H21F.C3H8/c1-16-13-17-7-2-3-10-20(17)22(14-16)19-9-6-8-18(15-19)21-11-4-5-12-23(21)24;1-3-2/h2-12,15-16,22H,13-14H2,1H3;3H2,1-2H3/t16-,22-;/m1./s1. The van der Waals surface area contributed by atoms with Crippen LogP contribution in [0.25, 0.3) is 11.1 Å². The number of benzene rings is 3. The molecule has 0 saturated carbocycles. The molecule has 2 atom stereocenters. The zero-order chi connectivity index (χ0) is 19.2. The molecule has 0 heterocycles. The number of rotatable bonds is 2. The smallest absolute Gasteiger partial charge is 0.131 e. The third-order valence-electron chi connectivity index (χ3n) is 5.11.